The van der Waals surface area contributed by atoms with Gasteiger partial charge in [-0.05, 0) is 36.1 Å². The molecule has 7 heteroatoms. The standard InChI is InChI=1S/C23H23Cl2NO4/c24-19-10-17(29-13-22(27)28)11-20(25)23(19)30-16-6-7-21-18(9-16)15(12-26-21)8-14-4-2-1-3-5-14/h6-7,9-12,14,26H,1-5,8,13H2,(H,27,28). The van der Waals surface area contributed by atoms with Crippen molar-refractivity contribution < 1.29 is 19.4 Å². The number of H-pyrrole nitrogens is 1. The van der Waals surface area contributed by atoms with E-state index >= 15 is 0 Å². The molecule has 2 N–H and O–H groups in total. The van der Waals surface area contributed by atoms with E-state index in [9.17, 15) is 4.79 Å². The monoisotopic (exact) mass is 447 g/mol. The molecule has 1 aliphatic carbocycles. The largest absolute Gasteiger partial charge is 0.482 e. The highest BCUT2D eigenvalue weighted by molar-refractivity contribution is 6.37. The number of carboxylic acid groups (broad SMARTS) is 1. The van der Waals surface area contributed by atoms with Gasteiger partial charge < -0.3 is 19.6 Å². The number of nitrogens with one attached hydrogen (secondary N) is 1. The number of ether oxygens (including phenoxy) is 2. The lowest BCUT2D eigenvalue weighted by atomic mass is 9.85. The number of aliphatic carboxylic acids is 1. The van der Waals surface area contributed by atoms with Crippen LogP contribution in [0.4, 0.5) is 0 Å². The Labute approximate surface area is 184 Å². The third kappa shape index (κ3) is 4.85. The summed E-state index contributed by atoms with van der Waals surface area (Å²) >= 11 is 12.6. The lowest BCUT2D eigenvalue weighted by Gasteiger charge is -2.21. The molecule has 0 unspecified atom stereocenters. The Balaban J connectivity index is 1.55. The lowest BCUT2D eigenvalue weighted by Crippen LogP contribution is -2.09. The number of rotatable bonds is 7. The van der Waals surface area contributed by atoms with Crippen molar-refractivity contribution >= 4 is 40.1 Å². The van der Waals surface area contributed by atoms with Gasteiger partial charge in [0.05, 0.1) is 10.0 Å². The van der Waals surface area contributed by atoms with E-state index < -0.39 is 12.6 Å². The lowest BCUT2D eigenvalue weighted by molar-refractivity contribution is -0.139. The van der Waals surface area contributed by atoms with Gasteiger partial charge in [-0.2, -0.15) is 0 Å². The number of halogens is 2. The van der Waals surface area contributed by atoms with Crippen molar-refractivity contribution in [3.63, 3.8) is 0 Å². The van der Waals surface area contributed by atoms with Gasteiger partial charge in [-0.3, -0.25) is 0 Å². The molecule has 0 amide bonds. The van der Waals surface area contributed by atoms with E-state index in [-0.39, 0.29) is 15.8 Å². The Bertz CT molecular complexity index is 1030. The molecule has 2 aromatic carbocycles. The quantitative estimate of drug-likeness (QED) is 0.415. The van der Waals surface area contributed by atoms with Gasteiger partial charge in [0.25, 0.3) is 0 Å². The van der Waals surface area contributed by atoms with Crippen LogP contribution in [0.1, 0.15) is 37.7 Å². The van der Waals surface area contributed by atoms with E-state index in [4.69, 9.17) is 37.8 Å². The molecule has 4 rings (SSSR count). The molecule has 0 bridgehead atoms. The molecule has 1 saturated carbocycles. The number of hydrogen-bond acceptors (Lipinski definition) is 3. The van der Waals surface area contributed by atoms with Crippen LogP contribution in [0.3, 0.4) is 0 Å². The second kappa shape index (κ2) is 9.19. The first-order valence-electron chi connectivity index (χ1n) is 10.1. The maximum Gasteiger partial charge on any atom is 0.341 e. The van der Waals surface area contributed by atoms with E-state index in [0.717, 1.165) is 23.2 Å². The van der Waals surface area contributed by atoms with Crippen molar-refractivity contribution in [2.45, 2.75) is 38.5 Å². The summed E-state index contributed by atoms with van der Waals surface area (Å²) in [6, 6.07) is 8.85. The Morgan fingerprint density at radius 2 is 1.80 bits per heavy atom. The number of benzene rings is 2. The molecule has 0 spiro atoms. The molecule has 0 aliphatic heterocycles. The molecule has 1 heterocycles. The van der Waals surface area contributed by atoms with Gasteiger partial charge in [-0.25, -0.2) is 4.79 Å². The summed E-state index contributed by atoms with van der Waals surface area (Å²) < 4.78 is 11.1. The number of hydrogen-bond donors (Lipinski definition) is 2. The number of carboxylic acids is 1. The average molecular weight is 448 g/mol. The van der Waals surface area contributed by atoms with Crippen LogP contribution < -0.4 is 9.47 Å². The zero-order valence-corrected chi connectivity index (χ0v) is 17.9. The molecule has 1 aliphatic rings. The van der Waals surface area contributed by atoms with E-state index in [1.54, 1.807) is 0 Å². The fourth-order valence-corrected chi connectivity index (χ4v) is 4.62. The predicted octanol–water partition coefficient (Wildman–Crippen LogP) is 6.85. The molecule has 30 heavy (non-hydrogen) atoms. The Kier molecular flexibility index (Phi) is 6.40. The zero-order chi connectivity index (χ0) is 21.1. The summed E-state index contributed by atoms with van der Waals surface area (Å²) in [4.78, 5) is 14.0. The second-order valence-electron chi connectivity index (χ2n) is 7.73. The van der Waals surface area contributed by atoms with Gasteiger partial charge in [-0.15, -0.1) is 0 Å². The van der Waals surface area contributed by atoms with Crippen molar-refractivity contribution in [1.29, 1.82) is 0 Å². The number of carbonyl (C=O) groups is 1. The maximum absolute atomic E-state index is 10.7. The molecule has 0 atom stereocenters. The molecule has 0 saturated heterocycles. The van der Waals surface area contributed by atoms with Crippen LogP contribution in [0.15, 0.2) is 36.5 Å². The van der Waals surface area contributed by atoms with Crippen LogP contribution in [0.25, 0.3) is 10.9 Å². The summed E-state index contributed by atoms with van der Waals surface area (Å²) in [6.45, 7) is -0.471. The van der Waals surface area contributed by atoms with Crippen LogP contribution in [-0.4, -0.2) is 22.7 Å². The molecule has 1 fully saturated rings. The van der Waals surface area contributed by atoms with Crippen LogP contribution in [-0.2, 0) is 11.2 Å². The van der Waals surface area contributed by atoms with Crippen molar-refractivity contribution in [3.05, 3.63) is 52.1 Å². The Hall–Kier alpha value is -2.37. The molecular weight excluding hydrogens is 425 g/mol. The predicted molar refractivity (Wildman–Crippen MR) is 118 cm³/mol. The zero-order valence-electron chi connectivity index (χ0n) is 16.4. The van der Waals surface area contributed by atoms with E-state index in [2.05, 4.69) is 11.2 Å². The molecule has 158 valence electrons. The summed E-state index contributed by atoms with van der Waals surface area (Å²) in [6.07, 6.45) is 9.76. The van der Waals surface area contributed by atoms with Gasteiger partial charge in [-0.1, -0.05) is 55.3 Å². The number of aromatic amines is 1. The minimum Gasteiger partial charge on any atom is -0.482 e. The van der Waals surface area contributed by atoms with Gasteiger partial charge in [0.1, 0.15) is 11.5 Å². The van der Waals surface area contributed by atoms with Crippen LogP contribution in [0, 0.1) is 5.92 Å². The SMILES string of the molecule is O=C(O)COc1cc(Cl)c(Oc2ccc3[nH]cc(CC4CCCCC4)c3c2)c(Cl)c1. The minimum atomic E-state index is -1.08. The first kappa shape index (κ1) is 20.9. The maximum atomic E-state index is 10.7. The van der Waals surface area contributed by atoms with Gasteiger partial charge in [0.15, 0.2) is 12.4 Å². The van der Waals surface area contributed by atoms with Crippen LogP contribution in [0.2, 0.25) is 10.0 Å². The summed E-state index contributed by atoms with van der Waals surface area (Å²) in [5, 5.41) is 10.4. The van der Waals surface area contributed by atoms with Crippen LogP contribution in [0.5, 0.6) is 17.2 Å². The van der Waals surface area contributed by atoms with Gasteiger partial charge >= 0.3 is 5.97 Å². The van der Waals surface area contributed by atoms with Crippen LogP contribution >= 0.6 is 23.2 Å². The first-order valence-corrected chi connectivity index (χ1v) is 10.9. The molecule has 5 nitrogen and oxygen atoms in total. The third-order valence-electron chi connectivity index (χ3n) is 5.53. The second-order valence-corrected chi connectivity index (χ2v) is 8.54. The number of fused-ring (bicyclic) bond motifs is 1. The first-order chi connectivity index (χ1) is 14.5. The smallest absolute Gasteiger partial charge is 0.341 e. The highest BCUT2D eigenvalue weighted by Crippen LogP contribution is 2.40. The van der Waals surface area contributed by atoms with E-state index in [1.165, 1.54) is 49.8 Å². The van der Waals surface area contributed by atoms with Gasteiger partial charge in [0.2, 0.25) is 0 Å². The van der Waals surface area contributed by atoms with Crippen molar-refractivity contribution in [2.24, 2.45) is 5.92 Å². The number of aromatic nitrogens is 1. The fourth-order valence-electron chi connectivity index (χ4n) is 4.07. The highest BCUT2D eigenvalue weighted by atomic mass is 35.5. The van der Waals surface area contributed by atoms with Gasteiger partial charge in [0, 0.05) is 29.2 Å². The van der Waals surface area contributed by atoms with Crippen molar-refractivity contribution in [1.82, 2.24) is 4.98 Å². The summed E-state index contributed by atoms with van der Waals surface area (Å²) in [7, 11) is 0. The molecule has 1 aromatic heterocycles. The van der Waals surface area contributed by atoms with Crippen molar-refractivity contribution in [2.75, 3.05) is 6.61 Å². The Morgan fingerprint density at radius 3 is 2.50 bits per heavy atom. The minimum absolute atomic E-state index is 0.250. The molecule has 0 radical (unpaired) electrons. The summed E-state index contributed by atoms with van der Waals surface area (Å²) in [5.41, 5.74) is 2.37. The topological polar surface area (TPSA) is 71.6 Å². The molecule has 3 aromatic rings. The van der Waals surface area contributed by atoms with Crippen molar-refractivity contribution in [3.8, 4) is 17.2 Å². The fraction of sp³-hybridized carbons (Fsp3) is 0.348. The Morgan fingerprint density at radius 1 is 1.07 bits per heavy atom. The van der Waals surface area contributed by atoms with E-state index in [0.29, 0.717) is 11.5 Å². The third-order valence-corrected chi connectivity index (χ3v) is 6.09. The average Bonchev–Trinajstić information content (AvgIpc) is 3.12. The van der Waals surface area contributed by atoms with E-state index in [1.807, 2.05) is 18.2 Å². The highest BCUT2D eigenvalue weighted by Gasteiger charge is 2.17. The molecular formula is C23H23Cl2NO4. The normalized spacial score (nSPS) is 14.7. The summed E-state index contributed by atoms with van der Waals surface area (Å²) in [5.74, 6) is 0.881.